The van der Waals surface area contributed by atoms with Gasteiger partial charge in [-0.2, -0.15) is 17.0 Å². The fourth-order valence-electron chi connectivity index (χ4n) is 0.719. The van der Waals surface area contributed by atoms with Crippen molar-refractivity contribution in [3.63, 3.8) is 0 Å². The Morgan fingerprint density at radius 2 is 1.65 bits per heavy atom. The summed E-state index contributed by atoms with van der Waals surface area (Å²) < 4.78 is 60.5. The van der Waals surface area contributed by atoms with Crippen LogP contribution < -0.4 is 17.0 Å². The van der Waals surface area contributed by atoms with Gasteiger partial charge in [0.15, 0.2) is 0 Å². The van der Waals surface area contributed by atoms with Crippen LogP contribution in [0.15, 0.2) is 36.5 Å². The van der Waals surface area contributed by atoms with E-state index in [0.717, 1.165) is 12.2 Å². The van der Waals surface area contributed by atoms with Gasteiger partial charge in [0.2, 0.25) is 0 Å². The zero-order valence-electron chi connectivity index (χ0n) is 8.37. The van der Waals surface area contributed by atoms with E-state index in [2.05, 4.69) is 10.5 Å². The minimum atomic E-state index is -5.58. The van der Waals surface area contributed by atoms with Gasteiger partial charge in [-0.3, -0.25) is 0 Å². The third kappa shape index (κ3) is 5.48. The van der Waals surface area contributed by atoms with E-state index in [-0.39, 0.29) is 36.5 Å². The zero-order valence-corrected chi connectivity index (χ0v) is 13.7. The molecule has 0 heterocycles. The van der Waals surface area contributed by atoms with Crippen LogP contribution in [0, 0.1) is 0 Å². The smallest absolute Gasteiger partial charge is 0.520 e. The van der Waals surface area contributed by atoms with Gasteiger partial charge in [-0.25, -0.2) is 0 Å². The van der Waals surface area contributed by atoms with Gasteiger partial charge in [0.25, 0.3) is 10.9 Å². The van der Waals surface area contributed by atoms with Gasteiger partial charge in [0.05, 0.1) is 0 Å². The first-order valence-corrected chi connectivity index (χ1v) is 5.06. The molecule has 93 valence electrons. The Hall–Kier alpha value is 0.0534. The number of allylic oxidation sites excluding steroid dienone is 5. The van der Waals surface area contributed by atoms with Crippen LogP contribution in [0.5, 0.6) is 0 Å². The number of hydrogen-bond donors (Lipinski definition) is 0. The maximum absolute atomic E-state index is 11.9. The minimum absolute atomic E-state index is 0. The molecule has 0 spiro atoms. The van der Waals surface area contributed by atoms with Gasteiger partial charge in [0, 0.05) is 31.6 Å². The van der Waals surface area contributed by atoms with E-state index in [0.29, 0.717) is 5.57 Å². The number of carbonyl (C=O) groups excluding carboxylic acids is 1. The van der Waals surface area contributed by atoms with Crippen molar-refractivity contribution in [1.82, 2.24) is 0 Å². The normalized spacial score (nSPS) is 19.8. The molecule has 0 aromatic carbocycles. The molecule has 0 bridgehead atoms. The minimum Gasteiger partial charge on any atom is -1.00 e. The van der Waals surface area contributed by atoms with Gasteiger partial charge < -0.3 is 21.5 Å². The predicted octanol–water partition coefficient (Wildman–Crippen LogP) is -0.510. The molecule has 1 aliphatic carbocycles. The maximum atomic E-state index is 11.9. The van der Waals surface area contributed by atoms with E-state index < -0.39 is 22.2 Å². The average molecular weight is 384 g/mol. The van der Waals surface area contributed by atoms with Crippen molar-refractivity contribution in [1.29, 1.82) is 0 Å². The Morgan fingerprint density at radius 3 is 2.00 bits per heavy atom. The molecule has 0 aromatic rings. The average Bonchev–Trinajstić information content (AvgIpc) is 2.06. The number of alkyl halides is 3. The first-order valence-electron chi connectivity index (χ1n) is 3.65. The third-order valence-electron chi connectivity index (χ3n) is 1.41. The summed E-state index contributed by atoms with van der Waals surface area (Å²) in [6.07, 6.45) is 4.85. The molecule has 1 radical (unpaired) electrons. The Labute approximate surface area is 121 Å². The van der Waals surface area contributed by atoms with E-state index >= 15 is 0 Å². The Kier molecular flexibility index (Phi) is 7.81. The van der Waals surface area contributed by atoms with Gasteiger partial charge >= 0.3 is 11.3 Å². The molecule has 0 saturated carbocycles. The van der Waals surface area contributed by atoms with Crippen LogP contribution in [-0.2, 0) is 27.9 Å². The molecular weight excluding hydrogens is 378 g/mol. The summed E-state index contributed by atoms with van der Waals surface area (Å²) in [5.74, 6) is -0.403. The molecular formula is C8H6BrF3O3SZn-. The summed E-state index contributed by atoms with van der Waals surface area (Å²) in [7, 11) is -5.58. The second kappa shape index (κ2) is 6.84. The molecule has 17 heavy (non-hydrogen) atoms. The number of hydrogen-bond acceptors (Lipinski definition) is 1. The van der Waals surface area contributed by atoms with Crippen molar-refractivity contribution in [2.75, 3.05) is 0 Å². The van der Waals surface area contributed by atoms with Crippen molar-refractivity contribution in [3.05, 3.63) is 36.5 Å². The second-order valence-corrected chi connectivity index (χ2v) is 4.16. The molecule has 0 fully saturated rings. The predicted molar refractivity (Wildman–Crippen MR) is 47.5 cm³/mol. The van der Waals surface area contributed by atoms with Crippen LogP contribution in [0.4, 0.5) is 13.2 Å². The zero-order chi connectivity index (χ0) is 11.7. The topological polar surface area (TPSA) is 54.3 Å². The molecule has 3 nitrogen and oxygen atoms in total. The van der Waals surface area contributed by atoms with Gasteiger partial charge in [-0.1, -0.05) is 11.1 Å². The van der Waals surface area contributed by atoms with Crippen LogP contribution in [0.25, 0.3) is 0 Å². The van der Waals surface area contributed by atoms with Crippen LogP contribution >= 0.6 is 10.9 Å². The number of halogens is 4. The molecule has 1 rings (SSSR count). The van der Waals surface area contributed by atoms with Crippen molar-refractivity contribution in [2.45, 2.75) is 5.51 Å². The standard InChI is InChI=1S/C8H6F3O3S.BrH.Zn/c1-6-2-4-7(5-3-6)14-15(12,13)8(9,10)11;;/h2-5H,1H2;1H;/p-1. The van der Waals surface area contributed by atoms with Crippen molar-refractivity contribution in [3.8, 4) is 0 Å². The van der Waals surface area contributed by atoms with Crippen molar-refractivity contribution in [2.24, 2.45) is 0 Å². The summed E-state index contributed by atoms with van der Waals surface area (Å²) in [4.78, 5) is 0. The van der Waals surface area contributed by atoms with E-state index in [1.807, 2.05) is 0 Å². The fraction of sp³-hybridized carbons (Fsp3) is 0.125. The first kappa shape index (κ1) is 19.4. The van der Waals surface area contributed by atoms with Gasteiger partial charge in [-0.05, 0) is 17.7 Å². The van der Waals surface area contributed by atoms with Gasteiger partial charge in [-0.15, -0.1) is 0 Å². The largest absolute Gasteiger partial charge is 1.00 e. The third-order valence-corrected chi connectivity index (χ3v) is 2.39. The summed E-state index contributed by atoms with van der Waals surface area (Å²) in [6, 6.07) is 0. The first-order chi connectivity index (χ1) is 6.72. The Morgan fingerprint density at radius 1 is 1.24 bits per heavy atom. The Bertz CT molecular complexity index is 359. The van der Waals surface area contributed by atoms with E-state index in [1.54, 1.807) is 0 Å². The maximum Gasteiger partial charge on any atom is 0.520 e. The van der Waals surface area contributed by atoms with E-state index in [9.17, 15) is 22.3 Å². The molecule has 1 aliphatic rings. The summed E-state index contributed by atoms with van der Waals surface area (Å²) in [5, 5.41) is 0. The fourth-order valence-corrected chi connectivity index (χ4v) is 1.18. The molecule has 0 saturated heterocycles. The quantitative estimate of drug-likeness (QED) is 0.444. The Balaban J connectivity index is 0. The van der Waals surface area contributed by atoms with Crippen LogP contribution in [0.3, 0.4) is 0 Å². The van der Waals surface area contributed by atoms with Crippen LogP contribution in [0.2, 0.25) is 0 Å². The SMILES string of the molecule is C=C1C=CC(=[O+]S([O])([O-])C(F)(F)F)C=C1.[Br-].[Zn]. The van der Waals surface area contributed by atoms with Crippen LogP contribution in [-0.4, -0.2) is 15.8 Å². The van der Waals surface area contributed by atoms with Crippen molar-refractivity contribution >= 4 is 16.7 Å². The molecule has 9 heteroatoms. The molecule has 0 unspecified atom stereocenters. The number of ketones is 1. The molecule has 0 aromatic heterocycles. The van der Waals surface area contributed by atoms with E-state index in [4.69, 9.17) is 0 Å². The van der Waals surface area contributed by atoms with Crippen molar-refractivity contribution < 1.29 is 62.6 Å². The van der Waals surface area contributed by atoms with Crippen LogP contribution in [0.1, 0.15) is 0 Å². The monoisotopic (exact) mass is 382 g/mol. The number of rotatable bonds is 1. The van der Waals surface area contributed by atoms with Gasteiger partial charge in [0.1, 0.15) is 0 Å². The summed E-state index contributed by atoms with van der Waals surface area (Å²) in [6.45, 7) is 3.48. The summed E-state index contributed by atoms with van der Waals surface area (Å²) in [5.41, 5.74) is -4.89. The van der Waals surface area contributed by atoms with E-state index in [1.165, 1.54) is 12.2 Å². The molecule has 0 amide bonds. The second-order valence-electron chi connectivity index (χ2n) is 2.63. The molecule has 0 aliphatic heterocycles. The molecule has 0 N–H and O–H groups in total. The summed E-state index contributed by atoms with van der Waals surface area (Å²) >= 11 is 0. The molecule has 0 atom stereocenters.